The number of piperidine rings is 1. The zero-order valence-corrected chi connectivity index (χ0v) is 18.4. The Kier molecular flexibility index (Phi) is 6.26. The van der Waals surface area contributed by atoms with Crippen LogP contribution in [0.5, 0.6) is 0 Å². The third kappa shape index (κ3) is 4.66. The standard InChI is InChI=1S/C23H23FN4O3S/c1-16-3-2-12-28(15-16)32(29,30)20-10-6-18(7-11-20)22-27-21(13-25)23(31-22)26-14-17-4-8-19(24)9-5-17/h4-11,16,26H,2-3,12,14-15H2,1H3/t16-/m0/s1. The molecule has 0 unspecified atom stereocenters. The first-order chi connectivity index (χ1) is 15.4. The van der Waals surface area contributed by atoms with E-state index in [1.165, 1.54) is 28.6 Å². The molecule has 1 atom stereocenters. The minimum absolute atomic E-state index is 0.0844. The average molecular weight is 455 g/mol. The number of sulfonamides is 1. The van der Waals surface area contributed by atoms with Gasteiger partial charge in [-0.3, -0.25) is 0 Å². The molecule has 0 saturated carbocycles. The molecule has 9 heteroatoms. The maximum Gasteiger partial charge on any atom is 0.243 e. The molecule has 0 bridgehead atoms. The summed E-state index contributed by atoms with van der Waals surface area (Å²) in [7, 11) is -3.55. The van der Waals surface area contributed by atoms with E-state index in [-0.39, 0.29) is 28.2 Å². The molecule has 1 aliphatic heterocycles. The minimum atomic E-state index is -3.55. The number of nitrogens with zero attached hydrogens (tertiary/aromatic N) is 3. The lowest BCUT2D eigenvalue weighted by Gasteiger charge is -2.30. The highest BCUT2D eigenvalue weighted by atomic mass is 32.2. The van der Waals surface area contributed by atoms with Crippen molar-refractivity contribution >= 4 is 15.9 Å². The van der Waals surface area contributed by atoms with Gasteiger partial charge in [0.2, 0.25) is 27.5 Å². The van der Waals surface area contributed by atoms with E-state index >= 15 is 0 Å². The fourth-order valence-corrected chi connectivity index (χ4v) is 5.31. The number of halogens is 1. The molecule has 2 heterocycles. The molecule has 1 N–H and O–H groups in total. The zero-order valence-electron chi connectivity index (χ0n) is 17.6. The predicted molar refractivity (Wildman–Crippen MR) is 118 cm³/mol. The largest absolute Gasteiger partial charge is 0.419 e. The number of rotatable bonds is 6. The van der Waals surface area contributed by atoms with Gasteiger partial charge in [-0.1, -0.05) is 19.1 Å². The maximum absolute atomic E-state index is 13.1. The molecule has 0 spiro atoms. The van der Waals surface area contributed by atoms with Crippen molar-refractivity contribution in [3.63, 3.8) is 0 Å². The first-order valence-electron chi connectivity index (χ1n) is 10.4. The van der Waals surface area contributed by atoms with Gasteiger partial charge in [0, 0.05) is 25.2 Å². The van der Waals surface area contributed by atoms with Gasteiger partial charge in [0.25, 0.3) is 0 Å². The molecule has 166 valence electrons. The number of aromatic nitrogens is 1. The molecule has 4 rings (SSSR count). The lowest BCUT2D eigenvalue weighted by atomic mass is 10.0. The third-order valence-electron chi connectivity index (χ3n) is 5.46. The van der Waals surface area contributed by atoms with Crippen molar-refractivity contribution in [1.82, 2.24) is 9.29 Å². The van der Waals surface area contributed by atoms with Crippen molar-refractivity contribution in [2.45, 2.75) is 31.2 Å². The molecule has 7 nitrogen and oxygen atoms in total. The van der Waals surface area contributed by atoms with Gasteiger partial charge in [-0.15, -0.1) is 0 Å². The number of hydrogen-bond donors (Lipinski definition) is 1. The Balaban J connectivity index is 1.51. The van der Waals surface area contributed by atoms with Crippen molar-refractivity contribution in [2.24, 2.45) is 5.92 Å². The molecule has 2 aromatic carbocycles. The highest BCUT2D eigenvalue weighted by Gasteiger charge is 2.28. The molecule has 3 aromatic rings. The summed E-state index contributed by atoms with van der Waals surface area (Å²) < 4.78 is 46.2. The maximum atomic E-state index is 13.1. The van der Waals surface area contributed by atoms with Crippen LogP contribution in [0.4, 0.5) is 10.3 Å². The SMILES string of the molecule is C[C@H]1CCCN(S(=O)(=O)c2ccc(-c3nc(C#N)c(NCc4ccc(F)cc4)o3)cc2)C1. The van der Waals surface area contributed by atoms with E-state index in [1.807, 2.05) is 6.07 Å². The van der Waals surface area contributed by atoms with Crippen LogP contribution >= 0.6 is 0 Å². The normalized spacial score (nSPS) is 17.1. The topological polar surface area (TPSA) is 99.2 Å². The van der Waals surface area contributed by atoms with E-state index in [4.69, 9.17) is 4.42 Å². The van der Waals surface area contributed by atoms with E-state index in [0.29, 0.717) is 31.1 Å². The molecular formula is C23H23FN4O3S. The quantitative estimate of drug-likeness (QED) is 0.593. The van der Waals surface area contributed by atoms with Crippen LogP contribution < -0.4 is 5.32 Å². The summed E-state index contributed by atoms with van der Waals surface area (Å²) in [6.45, 7) is 3.44. The molecular weight excluding hydrogens is 431 g/mol. The van der Waals surface area contributed by atoms with Crippen LogP contribution in [0.2, 0.25) is 0 Å². The summed E-state index contributed by atoms with van der Waals surface area (Å²) in [6.07, 6.45) is 1.90. The number of benzene rings is 2. The molecule has 1 aromatic heterocycles. The van der Waals surface area contributed by atoms with E-state index in [9.17, 15) is 18.1 Å². The van der Waals surface area contributed by atoms with Crippen LogP contribution in [0.3, 0.4) is 0 Å². The van der Waals surface area contributed by atoms with E-state index in [2.05, 4.69) is 17.2 Å². The van der Waals surface area contributed by atoms with Gasteiger partial charge >= 0.3 is 0 Å². The van der Waals surface area contributed by atoms with Crippen LogP contribution in [-0.4, -0.2) is 30.8 Å². The molecule has 32 heavy (non-hydrogen) atoms. The number of anilines is 1. The van der Waals surface area contributed by atoms with Gasteiger partial charge in [0.15, 0.2) is 0 Å². The fraction of sp³-hybridized carbons (Fsp3) is 0.304. The molecule has 0 radical (unpaired) electrons. The van der Waals surface area contributed by atoms with Gasteiger partial charge < -0.3 is 9.73 Å². The minimum Gasteiger partial charge on any atom is -0.419 e. The molecule has 0 amide bonds. The van der Waals surface area contributed by atoms with Gasteiger partial charge in [-0.2, -0.15) is 14.6 Å². The second-order valence-electron chi connectivity index (χ2n) is 7.92. The van der Waals surface area contributed by atoms with Gasteiger partial charge in [0.1, 0.15) is 11.9 Å². The Morgan fingerprint density at radius 3 is 2.59 bits per heavy atom. The Morgan fingerprint density at radius 2 is 1.94 bits per heavy atom. The van der Waals surface area contributed by atoms with Crippen LogP contribution in [0.15, 0.2) is 57.8 Å². The first-order valence-corrected chi connectivity index (χ1v) is 11.8. The van der Waals surface area contributed by atoms with Crippen LogP contribution in [-0.2, 0) is 16.6 Å². The van der Waals surface area contributed by atoms with Crippen molar-refractivity contribution < 1.29 is 17.2 Å². The Bertz CT molecular complexity index is 1230. The number of nitriles is 1. The fourth-order valence-electron chi connectivity index (χ4n) is 3.71. The number of oxazole rings is 1. The zero-order chi connectivity index (χ0) is 22.7. The lowest BCUT2D eigenvalue weighted by Crippen LogP contribution is -2.39. The van der Waals surface area contributed by atoms with Gasteiger partial charge in [-0.05, 0) is 60.7 Å². The van der Waals surface area contributed by atoms with Crippen molar-refractivity contribution in [1.29, 1.82) is 5.26 Å². The smallest absolute Gasteiger partial charge is 0.243 e. The van der Waals surface area contributed by atoms with Gasteiger partial charge in [-0.25, -0.2) is 12.8 Å². The Labute approximate surface area is 186 Å². The summed E-state index contributed by atoms with van der Waals surface area (Å²) in [4.78, 5) is 4.43. The number of hydrogen-bond acceptors (Lipinski definition) is 6. The molecule has 1 fully saturated rings. The lowest BCUT2D eigenvalue weighted by molar-refractivity contribution is 0.281. The van der Waals surface area contributed by atoms with Crippen molar-refractivity contribution in [3.8, 4) is 17.5 Å². The highest BCUT2D eigenvalue weighted by molar-refractivity contribution is 7.89. The summed E-state index contributed by atoms with van der Waals surface area (Å²) in [5.74, 6) is 0.425. The summed E-state index contributed by atoms with van der Waals surface area (Å²) >= 11 is 0. The highest BCUT2D eigenvalue weighted by Crippen LogP contribution is 2.28. The van der Waals surface area contributed by atoms with Crippen molar-refractivity contribution in [3.05, 3.63) is 65.6 Å². The average Bonchev–Trinajstić information content (AvgIpc) is 3.22. The Hall–Kier alpha value is -3.22. The summed E-state index contributed by atoms with van der Waals surface area (Å²) in [5, 5.41) is 12.4. The first kappa shape index (κ1) is 22.0. The number of nitrogens with one attached hydrogen (secondary N) is 1. The Morgan fingerprint density at radius 1 is 1.22 bits per heavy atom. The predicted octanol–water partition coefficient (Wildman–Crippen LogP) is 4.39. The summed E-state index contributed by atoms with van der Waals surface area (Å²) in [6, 6.07) is 14.3. The third-order valence-corrected chi connectivity index (χ3v) is 7.34. The second-order valence-corrected chi connectivity index (χ2v) is 9.86. The van der Waals surface area contributed by atoms with Crippen LogP contribution in [0, 0.1) is 23.1 Å². The van der Waals surface area contributed by atoms with E-state index in [0.717, 1.165) is 18.4 Å². The molecule has 1 saturated heterocycles. The van der Waals surface area contributed by atoms with E-state index < -0.39 is 10.0 Å². The van der Waals surface area contributed by atoms with E-state index in [1.54, 1.807) is 24.3 Å². The molecule has 0 aliphatic carbocycles. The molecule has 1 aliphatic rings. The van der Waals surface area contributed by atoms with Crippen LogP contribution in [0.1, 0.15) is 31.0 Å². The van der Waals surface area contributed by atoms with Crippen LogP contribution in [0.25, 0.3) is 11.5 Å². The monoisotopic (exact) mass is 454 g/mol. The van der Waals surface area contributed by atoms with Crippen molar-refractivity contribution in [2.75, 3.05) is 18.4 Å². The summed E-state index contributed by atoms with van der Waals surface area (Å²) in [5.41, 5.74) is 1.46. The second kappa shape index (κ2) is 9.10. The van der Waals surface area contributed by atoms with Gasteiger partial charge in [0.05, 0.1) is 4.90 Å².